The van der Waals surface area contributed by atoms with Gasteiger partial charge in [-0.05, 0) is 54.1 Å². The molecule has 4 aromatic carbocycles. The highest BCUT2D eigenvalue weighted by Crippen LogP contribution is 2.36. The van der Waals surface area contributed by atoms with Crippen molar-refractivity contribution in [3.63, 3.8) is 0 Å². The minimum absolute atomic E-state index is 0.0767. The molecule has 2 N–H and O–H groups in total. The van der Waals surface area contributed by atoms with Gasteiger partial charge in [-0.2, -0.15) is 0 Å². The standard InChI is InChI=1S/C27H21N3O4S/c31-26(20-11-15-23(16-12-20)30(33)34)28-22-13-17-24(18-14-22)35-25(19-7-3-1-4-8-19)27(32)29-21-9-5-2-6-10-21/h1-18,25H,(H,28,31)(H,29,32). The summed E-state index contributed by atoms with van der Waals surface area (Å²) in [6.07, 6.45) is 0. The number of carbonyl (C=O) groups excluding carboxylic acids is 2. The lowest BCUT2D eigenvalue weighted by Gasteiger charge is -2.17. The summed E-state index contributed by atoms with van der Waals surface area (Å²) in [5, 5.41) is 16.1. The van der Waals surface area contributed by atoms with E-state index in [1.807, 2.05) is 72.8 Å². The van der Waals surface area contributed by atoms with Crippen LogP contribution in [-0.4, -0.2) is 16.7 Å². The number of anilines is 2. The summed E-state index contributed by atoms with van der Waals surface area (Å²) < 4.78 is 0. The molecule has 0 heterocycles. The zero-order chi connectivity index (χ0) is 24.6. The third-order valence-electron chi connectivity index (χ3n) is 5.09. The predicted octanol–water partition coefficient (Wildman–Crippen LogP) is 6.32. The van der Waals surface area contributed by atoms with Gasteiger partial charge < -0.3 is 10.6 Å². The molecular weight excluding hydrogens is 462 g/mol. The minimum atomic E-state index is -0.513. The molecule has 0 aliphatic carbocycles. The van der Waals surface area contributed by atoms with Crippen molar-refractivity contribution in [1.82, 2.24) is 0 Å². The maximum Gasteiger partial charge on any atom is 0.269 e. The summed E-state index contributed by atoms with van der Waals surface area (Å²) in [5.41, 5.74) is 2.41. The molecule has 0 radical (unpaired) electrons. The molecule has 4 aromatic rings. The molecule has 0 fully saturated rings. The van der Waals surface area contributed by atoms with Crippen LogP contribution in [-0.2, 0) is 4.79 Å². The summed E-state index contributed by atoms with van der Waals surface area (Å²) >= 11 is 1.41. The monoisotopic (exact) mass is 483 g/mol. The van der Waals surface area contributed by atoms with E-state index in [1.165, 1.54) is 36.0 Å². The van der Waals surface area contributed by atoms with E-state index in [1.54, 1.807) is 12.1 Å². The number of hydrogen-bond acceptors (Lipinski definition) is 5. The van der Waals surface area contributed by atoms with E-state index >= 15 is 0 Å². The van der Waals surface area contributed by atoms with E-state index in [9.17, 15) is 19.7 Å². The van der Waals surface area contributed by atoms with Crippen molar-refractivity contribution in [3.05, 3.63) is 130 Å². The number of amides is 2. The Hall–Kier alpha value is -4.43. The summed E-state index contributed by atoms with van der Waals surface area (Å²) in [4.78, 5) is 36.7. The van der Waals surface area contributed by atoms with Crippen LogP contribution in [0.2, 0.25) is 0 Å². The Bertz CT molecular complexity index is 1310. The Balaban J connectivity index is 1.45. The fourth-order valence-electron chi connectivity index (χ4n) is 3.32. The number of rotatable bonds is 8. The quantitative estimate of drug-likeness (QED) is 0.173. The molecule has 174 valence electrons. The van der Waals surface area contributed by atoms with Gasteiger partial charge in [-0.25, -0.2) is 0 Å². The molecule has 0 bridgehead atoms. The SMILES string of the molecule is O=C(Nc1ccc(SC(C(=O)Nc2ccccc2)c2ccccc2)cc1)c1ccc([N+](=O)[O-])cc1. The first-order valence-electron chi connectivity index (χ1n) is 10.7. The van der Waals surface area contributed by atoms with Gasteiger partial charge in [0.25, 0.3) is 11.6 Å². The molecule has 0 saturated heterocycles. The molecule has 8 heteroatoms. The van der Waals surface area contributed by atoms with Crippen LogP contribution in [0.3, 0.4) is 0 Å². The molecule has 1 atom stereocenters. The minimum Gasteiger partial charge on any atom is -0.325 e. The number of hydrogen-bond donors (Lipinski definition) is 2. The number of para-hydroxylation sites is 1. The van der Waals surface area contributed by atoms with E-state index in [0.717, 1.165) is 16.1 Å². The maximum atomic E-state index is 13.1. The fraction of sp³-hybridized carbons (Fsp3) is 0.0370. The van der Waals surface area contributed by atoms with Gasteiger partial charge in [-0.3, -0.25) is 19.7 Å². The number of nitro benzene ring substituents is 1. The van der Waals surface area contributed by atoms with Crippen molar-refractivity contribution in [2.75, 3.05) is 10.6 Å². The Labute approximate surface area is 206 Å². The number of carbonyl (C=O) groups is 2. The first-order chi connectivity index (χ1) is 17.0. The van der Waals surface area contributed by atoms with Gasteiger partial charge in [0, 0.05) is 34.0 Å². The molecule has 0 spiro atoms. The lowest BCUT2D eigenvalue weighted by molar-refractivity contribution is -0.384. The zero-order valence-corrected chi connectivity index (χ0v) is 19.3. The fourth-order valence-corrected chi connectivity index (χ4v) is 4.35. The maximum absolute atomic E-state index is 13.1. The van der Waals surface area contributed by atoms with E-state index in [4.69, 9.17) is 0 Å². The van der Waals surface area contributed by atoms with E-state index in [0.29, 0.717) is 11.3 Å². The highest BCUT2D eigenvalue weighted by molar-refractivity contribution is 8.00. The molecule has 0 aromatic heterocycles. The second-order valence-corrected chi connectivity index (χ2v) is 8.72. The molecule has 0 aliphatic heterocycles. The smallest absolute Gasteiger partial charge is 0.269 e. The van der Waals surface area contributed by atoms with Crippen molar-refractivity contribution in [1.29, 1.82) is 0 Å². The molecule has 1 unspecified atom stereocenters. The Morgan fingerprint density at radius 3 is 1.89 bits per heavy atom. The number of nitrogens with one attached hydrogen (secondary N) is 2. The van der Waals surface area contributed by atoms with Crippen LogP contribution in [0.15, 0.2) is 114 Å². The van der Waals surface area contributed by atoms with Gasteiger partial charge >= 0.3 is 0 Å². The van der Waals surface area contributed by atoms with Crippen LogP contribution in [0.1, 0.15) is 21.2 Å². The van der Waals surface area contributed by atoms with Gasteiger partial charge in [-0.15, -0.1) is 11.8 Å². The molecular formula is C27H21N3O4S. The van der Waals surface area contributed by atoms with Gasteiger partial charge in [0.1, 0.15) is 5.25 Å². The Kier molecular flexibility index (Phi) is 7.54. The number of nitro groups is 1. The molecule has 35 heavy (non-hydrogen) atoms. The molecule has 7 nitrogen and oxygen atoms in total. The number of thioether (sulfide) groups is 1. The highest BCUT2D eigenvalue weighted by Gasteiger charge is 2.22. The summed E-state index contributed by atoms with van der Waals surface area (Å²) in [6, 6.07) is 31.4. The zero-order valence-electron chi connectivity index (χ0n) is 18.5. The normalized spacial score (nSPS) is 11.3. The lowest BCUT2D eigenvalue weighted by atomic mass is 10.1. The first-order valence-corrected chi connectivity index (χ1v) is 11.6. The van der Waals surface area contributed by atoms with Crippen molar-refractivity contribution in [2.45, 2.75) is 10.1 Å². The van der Waals surface area contributed by atoms with E-state index in [-0.39, 0.29) is 17.5 Å². The number of nitrogens with zero attached hydrogens (tertiary/aromatic N) is 1. The largest absolute Gasteiger partial charge is 0.325 e. The van der Waals surface area contributed by atoms with Gasteiger partial charge in [-0.1, -0.05) is 48.5 Å². The number of benzene rings is 4. The molecule has 4 rings (SSSR count). The molecule has 0 aliphatic rings. The second-order valence-electron chi connectivity index (χ2n) is 7.55. The second kappa shape index (κ2) is 11.1. The van der Waals surface area contributed by atoms with Crippen LogP contribution in [0.4, 0.5) is 17.1 Å². The number of non-ortho nitro benzene ring substituents is 1. The summed E-state index contributed by atoms with van der Waals surface area (Å²) in [6.45, 7) is 0. The van der Waals surface area contributed by atoms with Crippen LogP contribution in [0.5, 0.6) is 0 Å². The first kappa shape index (κ1) is 23.7. The van der Waals surface area contributed by atoms with Gasteiger partial charge in [0.05, 0.1) is 4.92 Å². The van der Waals surface area contributed by atoms with Crippen molar-refractivity contribution < 1.29 is 14.5 Å². The molecule has 0 saturated carbocycles. The third-order valence-corrected chi connectivity index (χ3v) is 6.35. The van der Waals surface area contributed by atoms with E-state index in [2.05, 4.69) is 10.6 Å². The van der Waals surface area contributed by atoms with Gasteiger partial charge in [0.15, 0.2) is 0 Å². The van der Waals surface area contributed by atoms with Crippen LogP contribution >= 0.6 is 11.8 Å². The van der Waals surface area contributed by atoms with Crippen LogP contribution in [0.25, 0.3) is 0 Å². The van der Waals surface area contributed by atoms with E-state index < -0.39 is 10.2 Å². The topological polar surface area (TPSA) is 101 Å². The Morgan fingerprint density at radius 2 is 1.29 bits per heavy atom. The van der Waals surface area contributed by atoms with Crippen LogP contribution < -0.4 is 10.6 Å². The van der Waals surface area contributed by atoms with Crippen molar-refractivity contribution >= 4 is 40.6 Å². The van der Waals surface area contributed by atoms with Crippen molar-refractivity contribution in [3.8, 4) is 0 Å². The average Bonchev–Trinajstić information content (AvgIpc) is 2.89. The predicted molar refractivity (Wildman–Crippen MR) is 138 cm³/mol. The summed E-state index contributed by atoms with van der Waals surface area (Å²) in [5.74, 6) is -0.507. The lowest BCUT2D eigenvalue weighted by Crippen LogP contribution is -2.19. The highest BCUT2D eigenvalue weighted by atomic mass is 32.2. The summed E-state index contributed by atoms with van der Waals surface area (Å²) in [7, 11) is 0. The van der Waals surface area contributed by atoms with Gasteiger partial charge in [0.2, 0.25) is 5.91 Å². The van der Waals surface area contributed by atoms with Crippen LogP contribution in [0, 0.1) is 10.1 Å². The Morgan fingerprint density at radius 1 is 0.714 bits per heavy atom. The third kappa shape index (κ3) is 6.33. The molecule has 2 amide bonds. The average molecular weight is 484 g/mol. The van der Waals surface area contributed by atoms with Crippen molar-refractivity contribution in [2.24, 2.45) is 0 Å².